The second kappa shape index (κ2) is 8.00. The highest BCUT2D eigenvalue weighted by atomic mass is 16.5. The number of aromatic amines is 1. The average molecular weight is 399 g/mol. The number of nitrogens with one attached hydrogen (secondary N) is 2. The number of amides is 1. The van der Waals surface area contributed by atoms with Gasteiger partial charge in [-0.05, 0) is 67.4 Å². The maximum Gasteiger partial charge on any atom is 0.255 e. The minimum Gasteiger partial charge on any atom is -0.457 e. The first-order chi connectivity index (χ1) is 14.7. The van der Waals surface area contributed by atoms with Gasteiger partial charge >= 0.3 is 0 Å². The molecule has 0 radical (unpaired) electrons. The minimum absolute atomic E-state index is 0.0343. The van der Waals surface area contributed by atoms with Crippen LogP contribution < -0.4 is 10.1 Å². The van der Waals surface area contributed by atoms with Crippen molar-refractivity contribution >= 4 is 22.6 Å². The van der Waals surface area contributed by atoms with E-state index in [0.717, 1.165) is 42.1 Å². The second-order valence-corrected chi connectivity index (χ2v) is 7.25. The third kappa shape index (κ3) is 3.90. The zero-order valence-electron chi connectivity index (χ0n) is 16.3. The maximum absolute atomic E-state index is 12.6. The van der Waals surface area contributed by atoms with Crippen molar-refractivity contribution in [3.8, 4) is 11.5 Å². The highest BCUT2D eigenvalue weighted by Gasteiger charge is 2.21. The molecule has 6 nitrogen and oxygen atoms in total. The van der Waals surface area contributed by atoms with Crippen LogP contribution in [-0.4, -0.2) is 22.5 Å². The molecule has 1 fully saturated rings. The van der Waals surface area contributed by atoms with Gasteiger partial charge in [0.25, 0.3) is 5.91 Å². The van der Waals surface area contributed by atoms with Gasteiger partial charge in [0, 0.05) is 17.9 Å². The van der Waals surface area contributed by atoms with E-state index in [9.17, 15) is 4.79 Å². The SMILES string of the molecule is O=C(Nc1ccc2nc(C3CCCO3)[nH]c2c1)c1ccc(Oc2ccccc2)cc1. The van der Waals surface area contributed by atoms with Crippen molar-refractivity contribution in [3.05, 3.63) is 84.2 Å². The van der Waals surface area contributed by atoms with E-state index in [1.165, 1.54) is 0 Å². The van der Waals surface area contributed by atoms with Gasteiger partial charge in [0.15, 0.2) is 0 Å². The molecule has 5 rings (SSSR count). The van der Waals surface area contributed by atoms with E-state index < -0.39 is 0 Å². The van der Waals surface area contributed by atoms with Crippen molar-refractivity contribution in [2.75, 3.05) is 11.9 Å². The molecule has 4 aromatic rings. The molecule has 0 bridgehead atoms. The van der Waals surface area contributed by atoms with Gasteiger partial charge in [-0.15, -0.1) is 0 Å². The van der Waals surface area contributed by atoms with E-state index in [1.54, 1.807) is 24.3 Å². The average Bonchev–Trinajstić information content (AvgIpc) is 3.44. The summed E-state index contributed by atoms with van der Waals surface area (Å²) in [4.78, 5) is 20.6. The van der Waals surface area contributed by atoms with Gasteiger partial charge < -0.3 is 19.8 Å². The van der Waals surface area contributed by atoms with Crippen LogP contribution in [0.3, 0.4) is 0 Å². The van der Waals surface area contributed by atoms with Crippen LogP contribution in [-0.2, 0) is 4.74 Å². The van der Waals surface area contributed by atoms with E-state index >= 15 is 0 Å². The van der Waals surface area contributed by atoms with Crippen LogP contribution in [0.1, 0.15) is 35.1 Å². The number of aromatic nitrogens is 2. The van der Waals surface area contributed by atoms with Crippen molar-refractivity contribution in [3.63, 3.8) is 0 Å². The molecule has 1 saturated heterocycles. The van der Waals surface area contributed by atoms with Crippen LogP contribution in [0.25, 0.3) is 11.0 Å². The summed E-state index contributed by atoms with van der Waals surface area (Å²) in [6.07, 6.45) is 2.07. The first-order valence-corrected chi connectivity index (χ1v) is 10.0. The minimum atomic E-state index is -0.181. The molecule has 0 aliphatic carbocycles. The molecule has 2 heterocycles. The lowest BCUT2D eigenvalue weighted by atomic mass is 10.2. The Morgan fingerprint density at radius 2 is 1.83 bits per heavy atom. The van der Waals surface area contributed by atoms with Gasteiger partial charge in [-0.25, -0.2) is 4.98 Å². The topological polar surface area (TPSA) is 76.2 Å². The molecule has 1 aliphatic rings. The Balaban J connectivity index is 1.28. The summed E-state index contributed by atoms with van der Waals surface area (Å²) in [5.41, 5.74) is 3.01. The number of hydrogen-bond acceptors (Lipinski definition) is 4. The highest BCUT2D eigenvalue weighted by molar-refractivity contribution is 6.05. The van der Waals surface area contributed by atoms with E-state index in [4.69, 9.17) is 9.47 Å². The third-order valence-electron chi connectivity index (χ3n) is 5.09. The van der Waals surface area contributed by atoms with Gasteiger partial charge in [0.2, 0.25) is 0 Å². The summed E-state index contributed by atoms with van der Waals surface area (Å²) in [5, 5.41) is 2.94. The molecule has 2 N–H and O–H groups in total. The van der Waals surface area contributed by atoms with Gasteiger partial charge in [-0.1, -0.05) is 18.2 Å². The summed E-state index contributed by atoms with van der Waals surface area (Å²) in [5.74, 6) is 2.10. The predicted octanol–water partition coefficient (Wildman–Crippen LogP) is 5.46. The number of rotatable bonds is 5. The number of carbonyl (C=O) groups is 1. The zero-order chi connectivity index (χ0) is 20.3. The molecule has 30 heavy (non-hydrogen) atoms. The van der Waals surface area contributed by atoms with E-state index in [1.807, 2.05) is 48.5 Å². The molecule has 0 spiro atoms. The Morgan fingerprint density at radius 3 is 2.60 bits per heavy atom. The number of H-pyrrole nitrogens is 1. The van der Waals surface area contributed by atoms with Crippen LogP contribution in [0.2, 0.25) is 0 Å². The molecule has 1 amide bonds. The fraction of sp³-hybridized carbons (Fsp3) is 0.167. The van der Waals surface area contributed by atoms with Crippen molar-refractivity contribution in [1.29, 1.82) is 0 Å². The molecule has 6 heteroatoms. The Kier molecular flexibility index (Phi) is 4.91. The van der Waals surface area contributed by atoms with E-state index in [2.05, 4.69) is 15.3 Å². The summed E-state index contributed by atoms with van der Waals surface area (Å²) in [6, 6.07) is 22.2. The summed E-state index contributed by atoms with van der Waals surface area (Å²) < 4.78 is 11.5. The largest absolute Gasteiger partial charge is 0.457 e. The number of hydrogen-bond donors (Lipinski definition) is 2. The second-order valence-electron chi connectivity index (χ2n) is 7.25. The molecule has 1 aromatic heterocycles. The number of nitrogens with zero attached hydrogens (tertiary/aromatic N) is 1. The van der Waals surface area contributed by atoms with Crippen molar-refractivity contribution < 1.29 is 14.3 Å². The van der Waals surface area contributed by atoms with Crippen LogP contribution >= 0.6 is 0 Å². The van der Waals surface area contributed by atoms with Gasteiger partial charge in [-0.2, -0.15) is 0 Å². The maximum atomic E-state index is 12.6. The van der Waals surface area contributed by atoms with Crippen molar-refractivity contribution in [2.24, 2.45) is 0 Å². The van der Waals surface area contributed by atoms with Gasteiger partial charge in [0.1, 0.15) is 23.4 Å². The lowest BCUT2D eigenvalue weighted by Gasteiger charge is -2.08. The third-order valence-corrected chi connectivity index (χ3v) is 5.09. The number of para-hydroxylation sites is 1. The Hall–Kier alpha value is -3.64. The van der Waals surface area contributed by atoms with Gasteiger partial charge in [-0.3, -0.25) is 4.79 Å². The van der Waals surface area contributed by atoms with Crippen molar-refractivity contribution in [2.45, 2.75) is 18.9 Å². The van der Waals surface area contributed by atoms with Gasteiger partial charge in [0.05, 0.1) is 11.0 Å². The molecule has 3 aromatic carbocycles. The number of imidazole rings is 1. The number of carbonyl (C=O) groups excluding carboxylic acids is 1. The van der Waals surface area contributed by atoms with Crippen LogP contribution in [0.15, 0.2) is 72.8 Å². The smallest absolute Gasteiger partial charge is 0.255 e. The number of anilines is 1. The number of benzene rings is 3. The first-order valence-electron chi connectivity index (χ1n) is 10.0. The molecule has 0 saturated carbocycles. The molecular formula is C24H21N3O3. The molecule has 1 atom stereocenters. The summed E-state index contributed by atoms with van der Waals surface area (Å²) >= 11 is 0. The summed E-state index contributed by atoms with van der Waals surface area (Å²) in [7, 11) is 0. The zero-order valence-corrected chi connectivity index (χ0v) is 16.3. The summed E-state index contributed by atoms with van der Waals surface area (Å²) in [6.45, 7) is 0.776. The predicted molar refractivity (Wildman–Crippen MR) is 115 cm³/mol. The normalized spacial score (nSPS) is 15.9. The monoisotopic (exact) mass is 399 g/mol. The van der Waals surface area contributed by atoms with Crippen molar-refractivity contribution in [1.82, 2.24) is 9.97 Å². The number of fused-ring (bicyclic) bond motifs is 1. The number of ether oxygens (including phenoxy) is 2. The Morgan fingerprint density at radius 1 is 1.03 bits per heavy atom. The fourth-order valence-corrected chi connectivity index (χ4v) is 3.56. The van der Waals surface area contributed by atoms with E-state index in [0.29, 0.717) is 17.0 Å². The molecular weight excluding hydrogens is 378 g/mol. The quantitative estimate of drug-likeness (QED) is 0.467. The fourth-order valence-electron chi connectivity index (χ4n) is 3.56. The molecule has 150 valence electrons. The Labute approximate surface area is 173 Å². The van der Waals surface area contributed by atoms with Crippen LogP contribution in [0, 0.1) is 0 Å². The lowest BCUT2D eigenvalue weighted by molar-refractivity contribution is 0.102. The standard InChI is InChI=1S/C24H21N3O3/c28-24(16-8-11-19(12-9-16)30-18-5-2-1-3-6-18)25-17-10-13-20-21(15-17)27-23(26-20)22-7-4-14-29-22/h1-3,5-6,8-13,15,22H,4,7,14H2,(H,25,28)(H,26,27). The van der Waals surface area contributed by atoms with Crippen LogP contribution in [0.5, 0.6) is 11.5 Å². The molecule has 1 aliphatic heterocycles. The van der Waals surface area contributed by atoms with E-state index in [-0.39, 0.29) is 12.0 Å². The Bertz CT molecular complexity index is 1160. The highest BCUT2D eigenvalue weighted by Crippen LogP contribution is 2.29. The van der Waals surface area contributed by atoms with Crippen LogP contribution in [0.4, 0.5) is 5.69 Å². The molecule has 1 unspecified atom stereocenters. The lowest BCUT2D eigenvalue weighted by Crippen LogP contribution is -2.11. The first kappa shape index (κ1) is 18.4.